The van der Waals surface area contributed by atoms with E-state index in [0.717, 1.165) is 52.7 Å². The van der Waals surface area contributed by atoms with Crippen LogP contribution in [0.4, 0.5) is 21.4 Å². The van der Waals surface area contributed by atoms with E-state index in [4.69, 9.17) is 4.74 Å². The molecule has 0 bridgehead atoms. The lowest BCUT2D eigenvalue weighted by Gasteiger charge is -2.15. The van der Waals surface area contributed by atoms with Crippen molar-refractivity contribution in [3.8, 4) is 5.75 Å². The number of amides is 2. The fourth-order valence-corrected chi connectivity index (χ4v) is 5.54. The fourth-order valence-electron chi connectivity index (χ4n) is 3.92. The number of nitrogens with zero attached hydrogens (tertiary/aromatic N) is 4. The standard InChI is InChI=1S/C24H27N7O2S2/c32-23(29-17-4-3-5-18(14-17)33-12-11-31-9-1-2-10-31)30-24-26-15-19(35-24)6-8-25-22-21-20(7-13-34-21)27-16-28-22/h3-5,7,13-16H,1-2,6,8-12H2,(H,25,27,28)(H2,26,29,30,32). The zero-order valence-electron chi connectivity index (χ0n) is 19.2. The van der Waals surface area contributed by atoms with Crippen molar-refractivity contribution in [1.82, 2.24) is 19.9 Å². The van der Waals surface area contributed by atoms with E-state index in [9.17, 15) is 4.79 Å². The average Bonchev–Trinajstić information content (AvgIpc) is 3.62. The number of urea groups is 1. The van der Waals surface area contributed by atoms with E-state index in [1.165, 1.54) is 24.2 Å². The molecule has 4 aromatic rings. The van der Waals surface area contributed by atoms with Crippen molar-refractivity contribution in [3.05, 3.63) is 53.1 Å². The summed E-state index contributed by atoms with van der Waals surface area (Å²) in [5.41, 5.74) is 1.62. The molecule has 2 amide bonds. The lowest BCUT2D eigenvalue weighted by molar-refractivity contribution is 0.238. The van der Waals surface area contributed by atoms with Crippen LogP contribution in [0.25, 0.3) is 10.2 Å². The maximum atomic E-state index is 12.5. The highest BCUT2D eigenvalue weighted by molar-refractivity contribution is 7.17. The summed E-state index contributed by atoms with van der Waals surface area (Å²) in [5, 5.41) is 11.6. The van der Waals surface area contributed by atoms with E-state index < -0.39 is 0 Å². The van der Waals surface area contributed by atoms with E-state index in [0.29, 0.717) is 24.0 Å². The summed E-state index contributed by atoms with van der Waals surface area (Å²) in [6.07, 6.45) is 6.68. The van der Waals surface area contributed by atoms with Crippen molar-refractivity contribution in [1.29, 1.82) is 0 Å². The van der Waals surface area contributed by atoms with Gasteiger partial charge in [0.15, 0.2) is 5.13 Å². The number of carbonyl (C=O) groups is 1. The molecule has 1 fully saturated rings. The Morgan fingerprint density at radius 1 is 1.11 bits per heavy atom. The molecule has 0 saturated carbocycles. The minimum atomic E-state index is -0.334. The number of hydrogen-bond donors (Lipinski definition) is 3. The second kappa shape index (κ2) is 11.4. The van der Waals surface area contributed by atoms with Gasteiger partial charge in [0.05, 0.1) is 10.2 Å². The molecule has 0 radical (unpaired) electrons. The summed E-state index contributed by atoms with van der Waals surface area (Å²) in [7, 11) is 0. The number of fused-ring (bicyclic) bond motifs is 1. The van der Waals surface area contributed by atoms with Crippen LogP contribution >= 0.6 is 22.7 Å². The van der Waals surface area contributed by atoms with Crippen LogP contribution in [0.1, 0.15) is 17.7 Å². The topological polar surface area (TPSA) is 104 Å². The normalized spacial score (nSPS) is 13.7. The fraction of sp³-hybridized carbons (Fsp3) is 0.333. The van der Waals surface area contributed by atoms with Crippen LogP contribution in [0.3, 0.4) is 0 Å². The lowest BCUT2D eigenvalue weighted by atomic mass is 10.3. The predicted molar refractivity (Wildman–Crippen MR) is 142 cm³/mol. The Balaban J connectivity index is 1.07. The number of carbonyl (C=O) groups excluding carboxylic acids is 1. The van der Waals surface area contributed by atoms with Crippen LogP contribution < -0.4 is 20.7 Å². The Morgan fingerprint density at radius 3 is 2.94 bits per heavy atom. The highest BCUT2D eigenvalue weighted by Gasteiger charge is 2.12. The zero-order chi connectivity index (χ0) is 23.9. The minimum Gasteiger partial charge on any atom is -0.492 e. The number of anilines is 3. The van der Waals surface area contributed by atoms with Crippen molar-refractivity contribution in [2.75, 3.05) is 48.7 Å². The quantitative estimate of drug-likeness (QED) is 0.279. The molecule has 1 aromatic carbocycles. The monoisotopic (exact) mass is 509 g/mol. The van der Waals surface area contributed by atoms with E-state index in [1.54, 1.807) is 23.9 Å². The SMILES string of the molecule is O=C(Nc1cccc(OCCN2CCCC2)c1)Nc1ncc(CCNc2ncnc3ccsc23)s1. The maximum absolute atomic E-state index is 12.5. The largest absolute Gasteiger partial charge is 0.492 e. The van der Waals surface area contributed by atoms with E-state index >= 15 is 0 Å². The summed E-state index contributed by atoms with van der Waals surface area (Å²) in [4.78, 5) is 28.9. The van der Waals surface area contributed by atoms with Crippen molar-refractivity contribution < 1.29 is 9.53 Å². The Labute approximate surface area is 211 Å². The molecule has 3 aromatic heterocycles. The molecule has 11 heteroatoms. The Kier molecular flexibility index (Phi) is 7.66. The molecule has 0 atom stereocenters. The van der Waals surface area contributed by atoms with E-state index in [2.05, 4.69) is 35.8 Å². The molecule has 1 aliphatic rings. The van der Waals surface area contributed by atoms with Crippen LogP contribution in [-0.4, -0.2) is 58.7 Å². The van der Waals surface area contributed by atoms with Crippen LogP contribution in [-0.2, 0) is 6.42 Å². The first-order valence-electron chi connectivity index (χ1n) is 11.6. The first kappa shape index (κ1) is 23.5. The van der Waals surface area contributed by atoms with Crippen molar-refractivity contribution in [2.45, 2.75) is 19.3 Å². The molecule has 0 unspecified atom stereocenters. The number of aromatic nitrogens is 3. The summed E-state index contributed by atoms with van der Waals surface area (Å²) in [6.45, 7) is 4.59. The zero-order valence-corrected chi connectivity index (χ0v) is 20.8. The maximum Gasteiger partial charge on any atom is 0.325 e. The molecule has 0 aliphatic carbocycles. The molecule has 4 heterocycles. The van der Waals surface area contributed by atoms with Crippen molar-refractivity contribution >= 4 is 55.6 Å². The number of hydrogen-bond acceptors (Lipinski definition) is 9. The van der Waals surface area contributed by atoms with Gasteiger partial charge in [-0.25, -0.2) is 19.7 Å². The van der Waals surface area contributed by atoms with Gasteiger partial charge in [-0.2, -0.15) is 0 Å². The van der Waals surface area contributed by atoms with Crippen molar-refractivity contribution in [3.63, 3.8) is 0 Å². The smallest absolute Gasteiger partial charge is 0.325 e. The van der Waals surface area contributed by atoms with Crippen LogP contribution in [0, 0.1) is 0 Å². The highest BCUT2D eigenvalue weighted by atomic mass is 32.1. The third-order valence-electron chi connectivity index (χ3n) is 5.65. The number of thiophene rings is 1. The Bertz CT molecular complexity index is 1270. The Morgan fingerprint density at radius 2 is 2.03 bits per heavy atom. The van der Waals surface area contributed by atoms with Gasteiger partial charge in [-0.05, 0) is 49.5 Å². The van der Waals surface area contributed by atoms with Crippen LogP contribution in [0.15, 0.2) is 48.2 Å². The summed E-state index contributed by atoms with van der Waals surface area (Å²) >= 11 is 3.08. The van der Waals surface area contributed by atoms with Crippen molar-refractivity contribution in [2.24, 2.45) is 0 Å². The van der Waals surface area contributed by atoms with Gasteiger partial charge >= 0.3 is 6.03 Å². The van der Waals surface area contributed by atoms with Crippen LogP contribution in [0.5, 0.6) is 5.75 Å². The summed E-state index contributed by atoms with van der Waals surface area (Å²) in [5.74, 6) is 1.59. The number of nitrogens with one attached hydrogen (secondary N) is 3. The predicted octanol–water partition coefficient (Wildman–Crippen LogP) is 4.92. The first-order chi connectivity index (χ1) is 17.2. The van der Waals surface area contributed by atoms with E-state index in [-0.39, 0.29) is 6.03 Å². The number of likely N-dealkylation sites (tertiary alicyclic amines) is 1. The lowest BCUT2D eigenvalue weighted by Crippen LogP contribution is -2.25. The van der Waals surface area contributed by atoms with Gasteiger partial charge in [0.2, 0.25) is 0 Å². The highest BCUT2D eigenvalue weighted by Crippen LogP contribution is 2.25. The molecule has 1 saturated heterocycles. The minimum absolute atomic E-state index is 0.334. The third-order valence-corrected chi connectivity index (χ3v) is 7.53. The summed E-state index contributed by atoms with van der Waals surface area (Å²) < 4.78 is 6.92. The van der Waals surface area contributed by atoms with Gasteiger partial charge in [-0.3, -0.25) is 10.2 Å². The van der Waals surface area contributed by atoms with Gasteiger partial charge < -0.3 is 15.4 Å². The average molecular weight is 510 g/mol. The number of benzene rings is 1. The second-order valence-corrected chi connectivity index (χ2v) is 10.2. The molecule has 182 valence electrons. The molecular weight excluding hydrogens is 482 g/mol. The van der Waals surface area contributed by atoms with Gasteiger partial charge in [0, 0.05) is 42.3 Å². The molecule has 5 rings (SSSR count). The second-order valence-electron chi connectivity index (χ2n) is 8.17. The third kappa shape index (κ3) is 6.44. The molecule has 9 nitrogen and oxygen atoms in total. The summed E-state index contributed by atoms with van der Waals surface area (Å²) in [6, 6.07) is 9.09. The van der Waals surface area contributed by atoms with Gasteiger partial charge in [0.1, 0.15) is 24.5 Å². The van der Waals surface area contributed by atoms with Crippen LogP contribution in [0.2, 0.25) is 0 Å². The van der Waals surface area contributed by atoms with E-state index in [1.807, 2.05) is 35.7 Å². The number of ether oxygens (including phenoxy) is 1. The van der Waals surface area contributed by atoms with Gasteiger partial charge in [-0.1, -0.05) is 6.07 Å². The first-order valence-corrected chi connectivity index (χ1v) is 13.3. The van der Waals surface area contributed by atoms with Gasteiger partial charge in [-0.15, -0.1) is 22.7 Å². The molecule has 3 N–H and O–H groups in total. The Hall–Kier alpha value is -3.28. The number of rotatable bonds is 10. The molecule has 35 heavy (non-hydrogen) atoms. The number of thiazole rings is 1. The molecule has 0 spiro atoms. The molecular formula is C24H27N7O2S2. The molecule has 1 aliphatic heterocycles. The van der Waals surface area contributed by atoms with Gasteiger partial charge in [0.25, 0.3) is 0 Å².